The van der Waals surface area contributed by atoms with Crippen molar-refractivity contribution in [3.63, 3.8) is 0 Å². The summed E-state index contributed by atoms with van der Waals surface area (Å²) in [5.41, 5.74) is 10.6. The van der Waals surface area contributed by atoms with Crippen LogP contribution in [0.25, 0.3) is 6.08 Å². The van der Waals surface area contributed by atoms with Crippen LogP contribution in [-0.2, 0) is 19.0 Å². The van der Waals surface area contributed by atoms with Crippen molar-refractivity contribution in [3.8, 4) is 11.5 Å². The van der Waals surface area contributed by atoms with Crippen molar-refractivity contribution in [3.05, 3.63) is 59.2 Å². The van der Waals surface area contributed by atoms with Gasteiger partial charge in [-0.2, -0.15) is 4.99 Å². The minimum Gasteiger partial charge on any atom is -0.451 e. The molecule has 9 nitrogen and oxygen atoms in total. The molecular formula is C26H34F2N4O5S. The Kier molecular flexibility index (Phi) is 14.3. The number of guanidine groups is 1. The van der Waals surface area contributed by atoms with E-state index in [1.807, 2.05) is 0 Å². The quantitative estimate of drug-likeness (QED) is 0.0876. The monoisotopic (exact) mass is 552 g/mol. The zero-order valence-electron chi connectivity index (χ0n) is 21.5. The normalized spacial score (nSPS) is 11.4. The van der Waals surface area contributed by atoms with Crippen LogP contribution < -0.4 is 20.9 Å². The van der Waals surface area contributed by atoms with Crippen molar-refractivity contribution in [2.75, 3.05) is 46.2 Å². The first-order chi connectivity index (χ1) is 18.3. The van der Waals surface area contributed by atoms with Gasteiger partial charge in [0.2, 0.25) is 0 Å². The molecule has 12 heteroatoms. The number of aliphatic imine (C=N–C) groups is 1. The van der Waals surface area contributed by atoms with Gasteiger partial charge in [0.05, 0.1) is 33.0 Å². The van der Waals surface area contributed by atoms with Gasteiger partial charge in [-0.1, -0.05) is 6.92 Å². The van der Waals surface area contributed by atoms with Crippen LogP contribution in [0.3, 0.4) is 0 Å². The summed E-state index contributed by atoms with van der Waals surface area (Å²) in [6.07, 6.45) is 2.27. The molecule has 0 fully saturated rings. The summed E-state index contributed by atoms with van der Waals surface area (Å²) >= 11 is 1.39. The van der Waals surface area contributed by atoms with Crippen molar-refractivity contribution in [1.82, 2.24) is 4.72 Å². The van der Waals surface area contributed by atoms with Gasteiger partial charge in [-0.3, -0.25) is 9.52 Å². The lowest BCUT2D eigenvalue weighted by Crippen LogP contribution is -2.24. The van der Waals surface area contributed by atoms with E-state index >= 15 is 0 Å². The fourth-order valence-electron chi connectivity index (χ4n) is 2.91. The van der Waals surface area contributed by atoms with E-state index in [0.717, 1.165) is 30.1 Å². The Morgan fingerprint density at radius 2 is 1.55 bits per heavy atom. The number of rotatable bonds is 17. The number of benzene rings is 2. The van der Waals surface area contributed by atoms with Gasteiger partial charge in [0, 0.05) is 23.6 Å². The van der Waals surface area contributed by atoms with Crippen LogP contribution in [-0.4, -0.2) is 58.1 Å². The Balaban J connectivity index is 1.75. The number of ether oxygens (including phenoxy) is 4. The van der Waals surface area contributed by atoms with Crippen molar-refractivity contribution in [2.24, 2.45) is 16.5 Å². The van der Waals surface area contributed by atoms with Gasteiger partial charge in [0.25, 0.3) is 5.91 Å². The van der Waals surface area contributed by atoms with Crippen molar-refractivity contribution in [2.45, 2.75) is 25.2 Å². The highest BCUT2D eigenvalue weighted by Crippen LogP contribution is 2.30. The SMILES string of the molecule is CCCOCCOCCOCCNSc1ccc(Oc2c(F)cc(/C=C(\C)C(=O)N=C(N)N)cc2F)cc1. The fraction of sp³-hybridized carbons (Fsp3) is 0.385. The predicted octanol–water partition coefficient (Wildman–Crippen LogP) is 4.02. The first-order valence-electron chi connectivity index (χ1n) is 12.0. The van der Waals surface area contributed by atoms with E-state index in [1.165, 1.54) is 24.9 Å². The molecular weight excluding hydrogens is 518 g/mol. The van der Waals surface area contributed by atoms with Crippen molar-refractivity contribution >= 4 is 29.9 Å². The third-order valence-electron chi connectivity index (χ3n) is 4.65. The first-order valence-corrected chi connectivity index (χ1v) is 12.8. The molecule has 208 valence electrons. The predicted molar refractivity (Wildman–Crippen MR) is 144 cm³/mol. The van der Waals surface area contributed by atoms with Gasteiger partial charge < -0.3 is 30.4 Å². The maximum absolute atomic E-state index is 14.6. The average Bonchev–Trinajstić information content (AvgIpc) is 2.87. The Labute approximate surface area is 225 Å². The summed E-state index contributed by atoms with van der Waals surface area (Å²) in [5.74, 6) is -3.25. The first kappa shape index (κ1) is 31.2. The highest BCUT2D eigenvalue weighted by atomic mass is 32.2. The number of hydrogen-bond acceptors (Lipinski definition) is 7. The topological polar surface area (TPSA) is 130 Å². The number of nitrogens with one attached hydrogen (secondary N) is 1. The molecule has 1 amide bonds. The van der Waals surface area contributed by atoms with Gasteiger partial charge in [0.15, 0.2) is 23.3 Å². The number of amides is 1. The van der Waals surface area contributed by atoms with E-state index in [9.17, 15) is 13.6 Å². The minimum atomic E-state index is -0.923. The van der Waals surface area contributed by atoms with Crippen LogP contribution in [0.4, 0.5) is 8.78 Å². The fourth-order valence-corrected chi connectivity index (χ4v) is 3.53. The average molecular weight is 553 g/mol. The van der Waals surface area contributed by atoms with Crippen LogP contribution in [0.5, 0.6) is 11.5 Å². The summed E-state index contributed by atoms with van der Waals surface area (Å²) in [4.78, 5) is 16.1. The van der Waals surface area contributed by atoms with Gasteiger partial charge in [-0.15, -0.1) is 0 Å². The molecule has 0 aromatic heterocycles. The second-order valence-electron chi connectivity index (χ2n) is 7.89. The molecule has 0 saturated carbocycles. The Bertz CT molecular complexity index is 1060. The summed E-state index contributed by atoms with van der Waals surface area (Å²) in [6.45, 7) is 7.56. The Hall–Kier alpha value is -3.03. The number of nitrogens with zero attached hydrogens (tertiary/aromatic N) is 1. The second-order valence-corrected chi connectivity index (χ2v) is 8.85. The van der Waals surface area contributed by atoms with Crippen LogP contribution in [0.1, 0.15) is 25.8 Å². The molecule has 0 spiro atoms. The van der Waals surface area contributed by atoms with Crippen LogP contribution >= 0.6 is 11.9 Å². The van der Waals surface area contributed by atoms with Gasteiger partial charge in [0.1, 0.15) is 5.75 Å². The standard InChI is InChI=1S/C26H34F2N4O5S/c1-3-9-34-11-13-36-14-12-35-10-8-31-38-21-6-4-20(5-7-21)37-24-22(27)16-19(17-23(24)28)15-18(2)25(33)32-26(29)30/h4-7,15-17,31H,3,8-14H2,1-2H3,(H4,29,30,32,33)/b18-15+. The molecule has 2 rings (SSSR count). The second kappa shape index (κ2) is 17.5. The van der Waals surface area contributed by atoms with E-state index in [-0.39, 0.29) is 16.9 Å². The summed E-state index contributed by atoms with van der Waals surface area (Å²) in [6, 6.07) is 8.82. The number of halogens is 2. The molecule has 2 aromatic carbocycles. The summed E-state index contributed by atoms with van der Waals surface area (Å²) < 4.78 is 53.9. The molecule has 0 bridgehead atoms. The highest BCUT2D eigenvalue weighted by Gasteiger charge is 2.14. The van der Waals surface area contributed by atoms with E-state index in [4.69, 9.17) is 30.4 Å². The van der Waals surface area contributed by atoms with Crippen molar-refractivity contribution in [1.29, 1.82) is 0 Å². The molecule has 0 radical (unpaired) electrons. The van der Waals surface area contributed by atoms with Gasteiger partial charge in [-0.05, 0) is 73.3 Å². The molecule has 0 atom stereocenters. The lowest BCUT2D eigenvalue weighted by Gasteiger charge is -2.10. The molecule has 0 aliphatic rings. The third kappa shape index (κ3) is 12.0. The highest BCUT2D eigenvalue weighted by molar-refractivity contribution is 7.97. The lowest BCUT2D eigenvalue weighted by atomic mass is 10.1. The van der Waals surface area contributed by atoms with Crippen LogP contribution in [0, 0.1) is 11.6 Å². The molecule has 2 aromatic rings. The van der Waals surface area contributed by atoms with Crippen LogP contribution in [0.15, 0.2) is 51.9 Å². The zero-order chi connectivity index (χ0) is 27.8. The Morgan fingerprint density at radius 1 is 0.974 bits per heavy atom. The van der Waals surface area contributed by atoms with E-state index in [1.54, 1.807) is 24.3 Å². The maximum atomic E-state index is 14.6. The molecule has 5 N–H and O–H groups in total. The molecule has 0 heterocycles. The maximum Gasteiger partial charge on any atom is 0.275 e. The van der Waals surface area contributed by atoms with Crippen molar-refractivity contribution < 1.29 is 32.5 Å². The van der Waals surface area contributed by atoms with E-state index in [2.05, 4.69) is 16.6 Å². The summed E-state index contributed by atoms with van der Waals surface area (Å²) in [7, 11) is 0. The minimum absolute atomic E-state index is 0.108. The molecule has 0 unspecified atom stereocenters. The number of hydrogen-bond donors (Lipinski definition) is 3. The third-order valence-corrected chi connectivity index (χ3v) is 5.50. The van der Waals surface area contributed by atoms with Gasteiger partial charge >= 0.3 is 0 Å². The number of carbonyl (C=O) groups excluding carboxylic acids is 1. The largest absolute Gasteiger partial charge is 0.451 e. The lowest BCUT2D eigenvalue weighted by molar-refractivity contribution is -0.114. The van der Waals surface area contributed by atoms with Gasteiger partial charge in [-0.25, -0.2) is 8.78 Å². The Morgan fingerprint density at radius 3 is 2.13 bits per heavy atom. The van der Waals surface area contributed by atoms with Crippen LogP contribution in [0.2, 0.25) is 0 Å². The smallest absolute Gasteiger partial charge is 0.275 e. The molecule has 0 aliphatic carbocycles. The number of nitrogens with two attached hydrogens (primary N) is 2. The van der Waals surface area contributed by atoms with E-state index in [0.29, 0.717) is 39.6 Å². The van der Waals surface area contributed by atoms with E-state index < -0.39 is 29.3 Å². The number of carbonyl (C=O) groups is 1. The zero-order valence-corrected chi connectivity index (χ0v) is 22.3. The molecule has 38 heavy (non-hydrogen) atoms. The summed E-state index contributed by atoms with van der Waals surface area (Å²) in [5, 5.41) is 0. The molecule has 0 aliphatic heterocycles. The molecule has 0 saturated heterocycles.